The molecule has 2 amide bonds. The first-order valence-corrected chi connectivity index (χ1v) is 14.8. The molecule has 0 unspecified atom stereocenters. The second-order valence-electron chi connectivity index (χ2n) is 9.94. The van der Waals surface area contributed by atoms with Gasteiger partial charge in [0.15, 0.2) is 23.5 Å². The fourth-order valence-corrected chi connectivity index (χ4v) is 5.14. The van der Waals surface area contributed by atoms with Gasteiger partial charge in [0, 0.05) is 17.8 Å². The number of carbonyl (C=O) groups is 2. The Labute approximate surface area is 279 Å². The lowest BCUT2D eigenvalue weighted by Crippen LogP contribution is -2.45. The van der Waals surface area contributed by atoms with Gasteiger partial charge < -0.3 is 34.7 Å². The molecular weight excluding hydrogens is 657 g/mol. The van der Waals surface area contributed by atoms with E-state index in [1.165, 1.54) is 25.5 Å². The number of nitro groups is 1. The summed E-state index contributed by atoms with van der Waals surface area (Å²) < 4.78 is 22.1. The summed E-state index contributed by atoms with van der Waals surface area (Å²) in [5.41, 5.74) is 4.70. The SMILES string of the molecule is CCOc1cc([C@@H]2NC(=O)NC(C)=C2C(=O)OC)ccc1OC[C@H](O)N/N=C\c1cc(Cl)c(OCc2cccc([N+](=O)[O-])c2)c(Cl)c1. The summed E-state index contributed by atoms with van der Waals surface area (Å²) in [6.07, 6.45) is 0.150. The minimum atomic E-state index is -1.23. The number of hydrogen-bond acceptors (Lipinski definition) is 11. The number of aliphatic hydroxyl groups is 1. The number of rotatable bonds is 14. The highest BCUT2D eigenvalue weighted by Gasteiger charge is 2.32. The van der Waals surface area contributed by atoms with E-state index in [0.717, 1.165) is 0 Å². The lowest BCUT2D eigenvalue weighted by Gasteiger charge is -2.28. The Morgan fingerprint density at radius 2 is 1.87 bits per heavy atom. The van der Waals surface area contributed by atoms with E-state index in [1.807, 2.05) is 0 Å². The van der Waals surface area contributed by atoms with Crippen LogP contribution in [-0.2, 0) is 16.1 Å². The fraction of sp³-hybridized carbons (Fsp3) is 0.258. The highest BCUT2D eigenvalue weighted by Crippen LogP contribution is 2.36. The molecule has 0 bridgehead atoms. The normalized spacial score (nSPS) is 15.0. The smallest absolute Gasteiger partial charge is 0.337 e. The molecule has 1 aliphatic rings. The monoisotopic (exact) mass is 687 g/mol. The van der Waals surface area contributed by atoms with Crippen molar-refractivity contribution < 1.29 is 38.6 Å². The second-order valence-corrected chi connectivity index (χ2v) is 10.8. The number of hydrogen-bond donors (Lipinski definition) is 4. The Morgan fingerprint density at radius 1 is 1.13 bits per heavy atom. The van der Waals surface area contributed by atoms with E-state index in [9.17, 15) is 24.8 Å². The van der Waals surface area contributed by atoms with Crippen molar-refractivity contribution in [3.63, 3.8) is 0 Å². The largest absolute Gasteiger partial charge is 0.490 e. The molecule has 0 saturated heterocycles. The van der Waals surface area contributed by atoms with E-state index in [0.29, 0.717) is 40.5 Å². The van der Waals surface area contributed by atoms with Crippen LogP contribution in [0.3, 0.4) is 0 Å². The third kappa shape index (κ3) is 9.03. The predicted molar refractivity (Wildman–Crippen MR) is 173 cm³/mol. The molecule has 0 aromatic heterocycles. The Hall–Kier alpha value is -5.05. The number of nitrogens with one attached hydrogen (secondary N) is 3. The number of amides is 2. The van der Waals surface area contributed by atoms with E-state index >= 15 is 0 Å². The number of esters is 1. The molecule has 0 fully saturated rings. The quantitative estimate of drug-likeness (QED) is 0.0591. The van der Waals surface area contributed by atoms with E-state index in [4.69, 9.17) is 42.1 Å². The number of allylic oxidation sites excluding steroid dienone is 1. The molecule has 47 heavy (non-hydrogen) atoms. The summed E-state index contributed by atoms with van der Waals surface area (Å²) in [6, 6.07) is 12.7. The van der Waals surface area contributed by atoms with Crippen molar-refractivity contribution in [3.05, 3.63) is 103 Å². The Balaban J connectivity index is 1.37. The van der Waals surface area contributed by atoms with Crippen molar-refractivity contribution in [2.75, 3.05) is 20.3 Å². The van der Waals surface area contributed by atoms with Crippen LogP contribution in [0.15, 0.2) is 71.0 Å². The topological polar surface area (TPSA) is 183 Å². The van der Waals surface area contributed by atoms with E-state index < -0.39 is 29.2 Å². The third-order valence-corrected chi connectivity index (χ3v) is 7.20. The Morgan fingerprint density at radius 3 is 2.55 bits per heavy atom. The lowest BCUT2D eigenvalue weighted by atomic mass is 9.95. The Bertz CT molecular complexity index is 1690. The number of ether oxygens (including phenoxy) is 4. The number of benzene rings is 3. The summed E-state index contributed by atoms with van der Waals surface area (Å²) in [6.45, 7) is 3.47. The zero-order valence-corrected chi connectivity index (χ0v) is 26.9. The van der Waals surface area contributed by atoms with Crippen LogP contribution in [0.2, 0.25) is 10.0 Å². The molecular formula is C31H31Cl2N5O9. The Kier molecular flexibility index (Phi) is 11.8. The van der Waals surface area contributed by atoms with Gasteiger partial charge in [-0.1, -0.05) is 41.4 Å². The summed E-state index contributed by atoms with van der Waals surface area (Å²) in [4.78, 5) is 35.1. The average Bonchev–Trinajstić information content (AvgIpc) is 3.03. The van der Waals surface area contributed by atoms with E-state index in [-0.39, 0.29) is 40.3 Å². The maximum Gasteiger partial charge on any atom is 0.337 e. The number of nitrogens with zero attached hydrogens (tertiary/aromatic N) is 2. The number of urea groups is 1. The van der Waals surface area contributed by atoms with Gasteiger partial charge in [0.1, 0.15) is 13.2 Å². The third-order valence-electron chi connectivity index (χ3n) is 6.63. The number of hydrazone groups is 1. The van der Waals surface area contributed by atoms with Gasteiger partial charge in [-0.25, -0.2) is 9.59 Å². The van der Waals surface area contributed by atoms with Gasteiger partial charge in [-0.05, 0) is 54.8 Å². The van der Waals surface area contributed by atoms with Crippen molar-refractivity contribution in [3.8, 4) is 17.2 Å². The predicted octanol–water partition coefficient (Wildman–Crippen LogP) is 5.00. The van der Waals surface area contributed by atoms with Crippen molar-refractivity contribution >= 4 is 47.1 Å². The van der Waals surface area contributed by atoms with Crippen LogP contribution in [0.4, 0.5) is 10.5 Å². The zero-order valence-electron chi connectivity index (χ0n) is 25.4. The number of aliphatic hydroxyl groups excluding tert-OH is 1. The molecule has 0 saturated carbocycles. The molecule has 3 aromatic rings. The van der Waals surface area contributed by atoms with Crippen LogP contribution >= 0.6 is 23.2 Å². The molecule has 248 valence electrons. The van der Waals surface area contributed by atoms with Crippen LogP contribution in [0, 0.1) is 10.1 Å². The maximum absolute atomic E-state index is 12.4. The van der Waals surface area contributed by atoms with Gasteiger partial charge in [-0.2, -0.15) is 5.10 Å². The number of nitro benzene ring substituents is 1. The first kappa shape index (κ1) is 34.8. The molecule has 1 aliphatic heterocycles. The van der Waals surface area contributed by atoms with Crippen molar-refractivity contribution in [2.24, 2.45) is 5.10 Å². The molecule has 0 aliphatic carbocycles. The fourth-order valence-electron chi connectivity index (χ4n) is 4.53. The van der Waals surface area contributed by atoms with Crippen molar-refractivity contribution in [1.82, 2.24) is 16.1 Å². The molecule has 4 N–H and O–H groups in total. The van der Waals surface area contributed by atoms with Gasteiger partial charge in [-0.15, -0.1) is 0 Å². The van der Waals surface area contributed by atoms with Crippen LogP contribution in [0.25, 0.3) is 0 Å². The van der Waals surface area contributed by atoms with Crippen molar-refractivity contribution in [2.45, 2.75) is 32.7 Å². The number of non-ortho nitro benzene ring substituents is 1. The summed E-state index contributed by atoms with van der Waals surface area (Å²) in [7, 11) is 1.25. The zero-order chi connectivity index (χ0) is 34.1. The molecule has 4 rings (SSSR count). The highest BCUT2D eigenvalue weighted by atomic mass is 35.5. The van der Waals surface area contributed by atoms with Gasteiger partial charge >= 0.3 is 12.0 Å². The summed E-state index contributed by atoms with van der Waals surface area (Å²) in [5.74, 6) is 0.234. The van der Waals surface area contributed by atoms with E-state index in [2.05, 4.69) is 21.2 Å². The first-order valence-electron chi connectivity index (χ1n) is 14.1. The highest BCUT2D eigenvalue weighted by molar-refractivity contribution is 6.37. The van der Waals surface area contributed by atoms with Crippen LogP contribution in [0.1, 0.15) is 36.6 Å². The molecule has 16 heteroatoms. The second kappa shape index (κ2) is 16.0. The number of methoxy groups -OCH3 is 1. The van der Waals surface area contributed by atoms with Gasteiger partial charge in [0.25, 0.3) is 5.69 Å². The summed E-state index contributed by atoms with van der Waals surface area (Å²) >= 11 is 12.7. The first-order chi connectivity index (χ1) is 22.5. The van der Waals surface area contributed by atoms with Crippen LogP contribution < -0.4 is 30.3 Å². The molecule has 3 aromatic carbocycles. The average molecular weight is 689 g/mol. The van der Waals surface area contributed by atoms with Crippen molar-refractivity contribution in [1.29, 1.82) is 0 Å². The molecule has 14 nitrogen and oxygen atoms in total. The van der Waals surface area contributed by atoms with Gasteiger partial charge in [0.2, 0.25) is 0 Å². The van der Waals surface area contributed by atoms with Crippen LogP contribution in [0.5, 0.6) is 17.2 Å². The van der Waals surface area contributed by atoms with Crippen LogP contribution in [-0.4, -0.2) is 54.8 Å². The summed E-state index contributed by atoms with van der Waals surface area (Å²) in [5, 5.41) is 31.1. The lowest BCUT2D eigenvalue weighted by molar-refractivity contribution is -0.384. The van der Waals surface area contributed by atoms with Gasteiger partial charge in [0.05, 0.1) is 46.5 Å². The maximum atomic E-state index is 12.4. The molecule has 2 atom stereocenters. The molecule has 0 radical (unpaired) electrons. The standard InChI is InChI=1S/C31H31Cl2N5O9/c1-4-45-25-13-20(28-27(30(40)44-3)17(2)35-31(41)36-28)8-9-24(25)46-16-26(39)37-34-14-19-11-22(32)29(23(33)12-19)47-15-18-6-5-7-21(10-18)38(42)43/h5-14,26,28,37,39H,4,15-16H2,1-3H3,(H2,35,36,41)/b34-14-/t26-,28-/m0/s1. The molecule has 1 heterocycles. The van der Waals surface area contributed by atoms with Gasteiger partial charge in [-0.3, -0.25) is 15.5 Å². The number of halogens is 2. The molecule has 0 spiro atoms. The minimum Gasteiger partial charge on any atom is -0.490 e. The van der Waals surface area contributed by atoms with E-state index in [1.54, 1.807) is 56.3 Å². The minimum absolute atomic E-state index is 0.00984. The number of carbonyl (C=O) groups excluding carboxylic acids is 2.